The van der Waals surface area contributed by atoms with E-state index >= 15 is 0 Å². The van der Waals surface area contributed by atoms with Gasteiger partial charge in [-0.15, -0.1) is 0 Å². The minimum absolute atomic E-state index is 0. The summed E-state index contributed by atoms with van der Waals surface area (Å²) >= 11 is 0. The maximum Gasteiger partial charge on any atom is 0.320 e. The molecule has 3 nitrogen and oxygen atoms in total. The fourth-order valence-corrected chi connectivity index (χ4v) is 0. The van der Waals surface area contributed by atoms with Gasteiger partial charge in [-0.1, -0.05) is 0 Å². The first-order valence-corrected chi connectivity index (χ1v) is 1.63. The van der Waals surface area contributed by atoms with Gasteiger partial charge in [0, 0.05) is 0 Å². The molecule has 0 saturated heterocycles. The van der Waals surface area contributed by atoms with Crippen LogP contribution in [-0.2, 0) is 4.79 Å². The molecule has 0 amide bonds. The van der Waals surface area contributed by atoms with Crippen molar-refractivity contribution >= 4 is 15.9 Å². The average Bonchev–Trinajstić information content (AvgIpc) is 1.36. The Hall–Kier alpha value is -0.140. The quantitative estimate of drug-likeness (QED) is 0.461. The van der Waals surface area contributed by atoms with Gasteiger partial charge in [-0.05, 0) is 6.92 Å². The molecular weight excluding hydrogens is 113 g/mol. The molecule has 44 valence electrons. The highest BCUT2D eigenvalue weighted by molar-refractivity contribution is 6.92. The molecule has 0 aliphatic rings. The lowest BCUT2D eigenvalue weighted by molar-refractivity contribution is -0.138. The van der Waals surface area contributed by atoms with Crippen LogP contribution in [0.15, 0.2) is 0 Å². The fourth-order valence-electron chi connectivity index (χ4n) is 0. The molecule has 0 aromatic rings. The van der Waals surface area contributed by atoms with Gasteiger partial charge in [0.2, 0.25) is 0 Å². The van der Waals surface area contributed by atoms with Gasteiger partial charge in [-0.3, -0.25) is 4.79 Å². The second-order valence-electron chi connectivity index (χ2n) is 1.13. The van der Waals surface area contributed by atoms with Crippen molar-refractivity contribution in [3.8, 4) is 0 Å². The van der Waals surface area contributed by atoms with Crippen LogP contribution in [-0.4, -0.2) is 17.1 Å². The normalized spacial score (nSPS) is 11.7. The van der Waals surface area contributed by atoms with Crippen LogP contribution in [0.3, 0.4) is 0 Å². The predicted octanol–water partition coefficient (Wildman–Crippen LogP) is -0.524. The molecule has 2 atom stereocenters. The zero-order valence-electron chi connectivity index (χ0n) is 4.22. The van der Waals surface area contributed by atoms with Gasteiger partial charge in [-0.2, -0.15) is 9.90 Å². The number of rotatable bonds is 1. The van der Waals surface area contributed by atoms with E-state index in [9.17, 15) is 4.79 Å². The summed E-state index contributed by atoms with van der Waals surface area (Å²) in [6.45, 7) is 1.42. The maximum atomic E-state index is 9.57. The summed E-state index contributed by atoms with van der Waals surface area (Å²) in [5, 5.41) is 7.87. The number of hydrogen-bond donors (Lipinski definition) is 2. The van der Waals surface area contributed by atoms with Gasteiger partial charge in [0.15, 0.2) is 0 Å². The van der Waals surface area contributed by atoms with Crippen LogP contribution in [0.4, 0.5) is 0 Å². The van der Waals surface area contributed by atoms with Crippen LogP contribution in [0.1, 0.15) is 6.92 Å². The highest BCUT2D eigenvalue weighted by Crippen LogP contribution is 1.68. The standard InChI is InChI=1S/C3H7NO2.H3P/c1-2(4)3(5)6;/h2H,4H2,1H3,(H,5,6);1H3. The summed E-state index contributed by atoms with van der Waals surface area (Å²) in [6, 6.07) is -0.731. The Morgan fingerprint density at radius 1 is 1.86 bits per heavy atom. The van der Waals surface area contributed by atoms with Crippen molar-refractivity contribution in [2.45, 2.75) is 13.0 Å². The molecule has 7 heavy (non-hydrogen) atoms. The van der Waals surface area contributed by atoms with E-state index < -0.39 is 12.0 Å². The topological polar surface area (TPSA) is 63.3 Å². The van der Waals surface area contributed by atoms with E-state index in [2.05, 4.69) is 0 Å². The molecule has 0 rings (SSSR count). The highest BCUT2D eigenvalue weighted by atomic mass is 31.0. The zero-order valence-corrected chi connectivity index (χ0v) is 5.63. The van der Waals surface area contributed by atoms with Crippen LogP contribution in [0.25, 0.3) is 0 Å². The second-order valence-corrected chi connectivity index (χ2v) is 1.13. The van der Waals surface area contributed by atoms with Gasteiger partial charge >= 0.3 is 5.97 Å². The molecule has 0 aromatic carbocycles. The third kappa shape index (κ3) is 5.86. The monoisotopic (exact) mass is 123 g/mol. The van der Waals surface area contributed by atoms with Gasteiger partial charge in [0.25, 0.3) is 0 Å². The Bertz CT molecular complexity index is 64.0. The highest BCUT2D eigenvalue weighted by Gasteiger charge is 1.99. The van der Waals surface area contributed by atoms with Crippen LogP contribution >= 0.6 is 9.90 Å². The summed E-state index contributed by atoms with van der Waals surface area (Å²) in [5.74, 6) is -0.963. The van der Waals surface area contributed by atoms with Gasteiger partial charge < -0.3 is 10.8 Å². The van der Waals surface area contributed by atoms with E-state index in [-0.39, 0.29) is 9.90 Å². The molecular formula is C3H10NO2P. The second kappa shape index (κ2) is 4.03. The van der Waals surface area contributed by atoms with E-state index in [1.54, 1.807) is 0 Å². The first-order chi connectivity index (χ1) is 2.64. The van der Waals surface area contributed by atoms with Crippen molar-refractivity contribution in [1.82, 2.24) is 0 Å². The molecule has 0 aliphatic carbocycles. The molecule has 3 N–H and O–H groups in total. The zero-order chi connectivity index (χ0) is 5.15. The molecule has 0 fully saturated rings. The molecule has 0 saturated carbocycles. The number of carbonyl (C=O) groups is 1. The summed E-state index contributed by atoms with van der Waals surface area (Å²) in [6.07, 6.45) is 0. The third-order valence-corrected chi connectivity index (χ3v) is 0.390. The molecule has 0 bridgehead atoms. The van der Waals surface area contributed by atoms with Crippen LogP contribution in [0.5, 0.6) is 0 Å². The van der Waals surface area contributed by atoms with Gasteiger partial charge in [-0.25, -0.2) is 0 Å². The maximum absolute atomic E-state index is 9.57. The lowest BCUT2D eigenvalue weighted by Crippen LogP contribution is -2.25. The Labute approximate surface area is 45.5 Å². The number of aliphatic carboxylic acids is 1. The van der Waals surface area contributed by atoms with Crippen molar-refractivity contribution < 1.29 is 9.90 Å². The predicted molar refractivity (Wildman–Crippen MR) is 32.4 cm³/mol. The fraction of sp³-hybridized carbons (Fsp3) is 0.667. The Morgan fingerprint density at radius 2 is 2.00 bits per heavy atom. The summed E-state index contributed by atoms with van der Waals surface area (Å²) in [4.78, 5) is 9.57. The molecule has 4 heteroatoms. The van der Waals surface area contributed by atoms with E-state index in [0.29, 0.717) is 0 Å². The van der Waals surface area contributed by atoms with Crippen LogP contribution in [0.2, 0.25) is 0 Å². The number of carboxylic acids is 1. The summed E-state index contributed by atoms with van der Waals surface area (Å²) in [5.41, 5.74) is 4.84. The van der Waals surface area contributed by atoms with Crippen molar-refractivity contribution in [3.63, 3.8) is 0 Å². The Balaban J connectivity index is 0. The lowest BCUT2D eigenvalue weighted by atomic mass is 10.4. The number of hydrogen-bond acceptors (Lipinski definition) is 2. The van der Waals surface area contributed by atoms with Crippen molar-refractivity contribution in [1.29, 1.82) is 0 Å². The van der Waals surface area contributed by atoms with Crippen molar-refractivity contribution in [2.24, 2.45) is 5.73 Å². The van der Waals surface area contributed by atoms with Crippen molar-refractivity contribution in [3.05, 3.63) is 0 Å². The van der Waals surface area contributed by atoms with Crippen LogP contribution in [0, 0.1) is 0 Å². The molecule has 0 heterocycles. The first kappa shape index (κ1) is 9.97. The van der Waals surface area contributed by atoms with Crippen molar-refractivity contribution in [2.75, 3.05) is 0 Å². The number of carboxylic acid groups (broad SMARTS) is 1. The molecule has 0 aromatic heterocycles. The SMILES string of the molecule is CC(N)C(=O)O.P. The van der Waals surface area contributed by atoms with E-state index in [1.807, 2.05) is 0 Å². The molecule has 0 aliphatic heterocycles. The minimum atomic E-state index is -0.963. The largest absolute Gasteiger partial charge is 0.480 e. The summed E-state index contributed by atoms with van der Waals surface area (Å²) in [7, 11) is 0. The van der Waals surface area contributed by atoms with E-state index in [4.69, 9.17) is 10.8 Å². The Morgan fingerprint density at radius 3 is 2.00 bits per heavy atom. The van der Waals surface area contributed by atoms with Crippen LogP contribution < -0.4 is 5.73 Å². The lowest BCUT2D eigenvalue weighted by Gasteiger charge is -1.90. The average molecular weight is 123 g/mol. The van der Waals surface area contributed by atoms with Gasteiger partial charge in [0.1, 0.15) is 6.04 Å². The molecule has 0 radical (unpaired) electrons. The van der Waals surface area contributed by atoms with Gasteiger partial charge in [0.05, 0.1) is 0 Å². The smallest absolute Gasteiger partial charge is 0.320 e. The molecule has 2 unspecified atom stereocenters. The Kier molecular flexibility index (Phi) is 5.74. The molecule has 0 spiro atoms. The number of nitrogens with two attached hydrogens (primary N) is 1. The minimum Gasteiger partial charge on any atom is -0.480 e. The summed E-state index contributed by atoms with van der Waals surface area (Å²) < 4.78 is 0. The third-order valence-electron chi connectivity index (χ3n) is 0.390. The van der Waals surface area contributed by atoms with E-state index in [0.717, 1.165) is 0 Å². The van der Waals surface area contributed by atoms with E-state index in [1.165, 1.54) is 6.92 Å². The first-order valence-electron chi connectivity index (χ1n) is 1.63.